The van der Waals surface area contributed by atoms with Gasteiger partial charge in [0.1, 0.15) is 6.61 Å². The maximum Gasteiger partial charge on any atom is 0.329 e. The maximum absolute atomic E-state index is 10.5. The minimum Gasteiger partial charge on any atom is -0.480 e. The highest BCUT2D eigenvalue weighted by molar-refractivity contribution is 5.68. The van der Waals surface area contributed by atoms with Crippen LogP contribution >= 0.6 is 0 Å². The van der Waals surface area contributed by atoms with Gasteiger partial charge in [0.25, 0.3) is 0 Å². The summed E-state index contributed by atoms with van der Waals surface area (Å²) >= 11 is 0. The fourth-order valence-electron chi connectivity index (χ4n) is 2.57. The Morgan fingerprint density at radius 2 is 1.88 bits per heavy atom. The molecular weight excluding hydrogens is 218 g/mol. The van der Waals surface area contributed by atoms with Crippen LogP contribution in [0.15, 0.2) is 0 Å². The Kier molecular flexibility index (Phi) is 5.40. The van der Waals surface area contributed by atoms with Crippen LogP contribution in [0.1, 0.15) is 46.5 Å². The normalized spacial score (nSPS) is 19.3. The van der Waals surface area contributed by atoms with Gasteiger partial charge in [0.2, 0.25) is 0 Å². The van der Waals surface area contributed by atoms with E-state index >= 15 is 0 Å². The number of likely N-dealkylation sites (tertiary alicyclic amines) is 1. The summed E-state index contributed by atoms with van der Waals surface area (Å²) in [6, 6.07) is 0.645. The maximum atomic E-state index is 10.5. The fraction of sp³-hybridized carbons (Fsp3) is 0.923. The molecule has 0 aromatic rings. The van der Waals surface area contributed by atoms with E-state index in [4.69, 9.17) is 9.84 Å². The SMILES string of the molecule is CCCC(CCC)N1CC(C)(OCC(=O)O)C1. The molecule has 4 nitrogen and oxygen atoms in total. The van der Waals surface area contributed by atoms with Gasteiger partial charge >= 0.3 is 5.97 Å². The average molecular weight is 243 g/mol. The van der Waals surface area contributed by atoms with E-state index in [0.717, 1.165) is 13.1 Å². The third kappa shape index (κ3) is 4.28. The van der Waals surface area contributed by atoms with Gasteiger partial charge in [-0.05, 0) is 19.8 Å². The highest BCUT2D eigenvalue weighted by atomic mass is 16.5. The van der Waals surface area contributed by atoms with E-state index in [-0.39, 0.29) is 12.2 Å². The summed E-state index contributed by atoms with van der Waals surface area (Å²) in [6.07, 6.45) is 4.85. The van der Waals surface area contributed by atoms with E-state index in [1.165, 1.54) is 25.7 Å². The first-order chi connectivity index (χ1) is 8.00. The van der Waals surface area contributed by atoms with Gasteiger partial charge in [-0.3, -0.25) is 4.90 Å². The summed E-state index contributed by atoms with van der Waals surface area (Å²) in [6.45, 7) is 7.97. The first-order valence-electron chi connectivity index (χ1n) is 6.60. The lowest BCUT2D eigenvalue weighted by atomic mass is 9.91. The van der Waals surface area contributed by atoms with Gasteiger partial charge < -0.3 is 9.84 Å². The zero-order valence-electron chi connectivity index (χ0n) is 11.2. The number of carboxylic acids is 1. The second kappa shape index (κ2) is 6.36. The molecule has 4 heteroatoms. The lowest BCUT2D eigenvalue weighted by Gasteiger charge is -2.51. The third-order valence-electron chi connectivity index (χ3n) is 3.38. The zero-order valence-corrected chi connectivity index (χ0v) is 11.2. The van der Waals surface area contributed by atoms with Crippen molar-refractivity contribution >= 4 is 5.97 Å². The number of rotatable bonds is 8. The quantitative estimate of drug-likeness (QED) is 0.709. The molecule has 0 radical (unpaired) electrons. The number of aliphatic carboxylic acids is 1. The molecule has 1 aliphatic heterocycles. The zero-order chi connectivity index (χ0) is 12.9. The van der Waals surface area contributed by atoms with Crippen molar-refractivity contribution in [3.8, 4) is 0 Å². The van der Waals surface area contributed by atoms with Crippen molar-refractivity contribution < 1.29 is 14.6 Å². The van der Waals surface area contributed by atoms with Gasteiger partial charge in [0, 0.05) is 19.1 Å². The van der Waals surface area contributed by atoms with Crippen LogP contribution in [0, 0.1) is 0 Å². The largest absolute Gasteiger partial charge is 0.480 e. The van der Waals surface area contributed by atoms with Crippen LogP contribution in [0.25, 0.3) is 0 Å². The monoisotopic (exact) mass is 243 g/mol. The Morgan fingerprint density at radius 1 is 1.35 bits per heavy atom. The van der Waals surface area contributed by atoms with Crippen molar-refractivity contribution in [1.82, 2.24) is 4.90 Å². The Balaban J connectivity index is 2.34. The summed E-state index contributed by atoms with van der Waals surface area (Å²) < 4.78 is 5.42. The minimum absolute atomic E-state index is 0.184. The minimum atomic E-state index is -0.886. The van der Waals surface area contributed by atoms with E-state index in [1.807, 2.05) is 6.92 Å². The summed E-state index contributed by atoms with van der Waals surface area (Å²) in [4.78, 5) is 12.9. The molecule has 0 amide bonds. The molecule has 0 bridgehead atoms. The van der Waals surface area contributed by atoms with Crippen LogP contribution < -0.4 is 0 Å². The van der Waals surface area contributed by atoms with Gasteiger partial charge in [-0.15, -0.1) is 0 Å². The van der Waals surface area contributed by atoms with Crippen molar-refractivity contribution in [2.75, 3.05) is 19.7 Å². The summed E-state index contributed by atoms with van der Waals surface area (Å²) in [7, 11) is 0. The lowest BCUT2D eigenvalue weighted by molar-refractivity contribution is -0.170. The molecule has 0 spiro atoms. The third-order valence-corrected chi connectivity index (χ3v) is 3.38. The summed E-state index contributed by atoms with van der Waals surface area (Å²) in [5.74, 6) is -0.886. The van der Waals surface area contributed by atoms with Crippen LogP contribution in [0.4, 0.5) is 0 Å². The Morgan fingerprint density at radius 3 is 2.29 bits per heavy atom. The number of carboxylic acid groups (broad SMARTS) is 1. The van der Waals surface area contributed by atoms with Crippen LogP contribution in [0.2, 0.25) is 0 Å². The van der Waals surface area contributed by atoms with Crippen molar-refractivity contribution in [2.24, 2.45) is 0 Å². The van der Waals surface area contributed by atoms with Crippen molar-refractivity contribution in [1.29, 1.82) is 0 Å². The second-order valence-corrected chi connectivity index (χ2v) is 5.27. The van der Waals surface area contributed by atoms with Gasteiger partial charge in [0.15, 0.2) is 0 Å². The standard InChI is InChI=1S/C13H25NO3/c1-4-6-11(7-5-2)14-9-13(3,10-14)17-8-12(15)16/h11H,4-10H2,1-3H3,(H,15,16). The number of hydrogen-bond donors (Lipinski definition) is 1. The predicted octanol–water partition coefficient (Wildman–Crippen LogP) is 2.13. The Hall–Kier alpha value is -0.610. The van der Waals surface area contributed by atoms with E-state index in [1.54, 1.807) is 0 Å². The second-order valence-electron chi connectivity index (χ2n) is 5.27. The highest BCUT2D eigenvalue weighted by Gasteiger charge is 2.42. The molecule has 1 aliphatic rings. The number of ether oxygens (including phenoxy) is 1. The van der Waals surface area contributed by atoms with E-state index in [0.29, 0.717) is 6.04 Å². The van der Waals surface area contributed by atoms with Crippen molar-refractivity contribution in [2.45, 2.75) is 58.1 Å². The molecule has 1 saturated heterocycles. The molecule has 0 saturated carbocycles. The fourth-order valence-corrected chi connectivity index (χ4v) is 2.57. The van der Waals surface area contributed by atoms with Crippen molar-refractivity contribution in [3.63, 3.8) is 0 Å². The number of carbonyl (C=O) groups is 1. The van der Waals surface area contributed by atoms with Gasteiger partial charge in [-0.25, -0.2) is 4.79 Å². The van der Waals surface area contributed by atoms with Crippen molar-refractivity contribution in [3.05, 3.63) is 0 Å². The first kappa shape index (κ1) is 14.5. The van der Waals surface area contributed by atoms with E-state index < -0.39 is 5.97 Å². The van der Waals surface area contributed by atoms with E-state index in [2.05, 4.69) is 18.7 Å². The molecule has 0 atom stereocenters. The van der Waals surface area contributed by atoms with Crippen LogP contribution in [0.3, 0.4) is 0 Å². The Bertz CT molecular complexity index is 243. The molecule has 0 aliphatic carbocycles. The summed E-state index contributed by atoms with van der Waals surface area (Å²) in [5, 5.41) is 8.60. The number of hydrogen-bond acceptors (Lipinski definition) is 3. The Labute approximate surface area is 104 Å². The molecule has 1 N–H and O–H groups in total. The molecule has 1 heterocycles. The van der Waals surface area contributed by atoms with Gasteiger partial charge in [-0.1, -0.05) is 26.7 Å². The van der Waals surface area contributed by atoms with Crippen LogP contribution in [-0.4, -0.2) is 47.3 Å². The van der Waals surface area contributed by atoms with Crippen LogP contribution in [-0.2, 0) is 9.53 Å². The average Bonchev–Trinajstić information content (AvgIpc) is 2.22. The van der Waals surface area contributed by atoms with Gasteiger partial charge in [0.05, 0.1) is 5.60 Å². The first-order valence-corrected chi connectivity index (χ1v) is 6.60. The molecule has 1 rings (SSSR count). The topological polar surface area (TPSA) is 49.8 Å². The molecule has 17 heavy (non-hydrogen) atoms. The molecule has 0 aromatic heterocycles. The lowest BCUT2D eigenvalue weighted by Crippen LogP contribution is -2.64. The summed E-state index contributed by atoms with van der Waals surface area (Å²) in [5.41, 5.74) is -0.252. The van der Waals surface area contributed by atoms with Gasteiger partial charge in [-0.2, -0.15) is 0 Å². The molecule has 0 aromatic carbocycles. The number of nitrogens with zero attached hydrogens (tertiary/aromatic N) is 1. The molecule has 100 valence electrons. The predicted molar refractivity (Wildman–Crippen MR) is 67.2 cm³/mol. The van der Waals surface area contributed by atoms with E-state index in [9.17, 15) is 4.79 Å². The molecule has 0 unspecified atom stereocenters. The molecular formula is C13H25NO3. The molecule has 1 fully saturated rings. The highest BCUT2D eigenvalue weighted by Crippen LogP contribution is 2.29. The smallest absolute Gasteiger partial charge is 0.329 e. The van der Waals surface area contributed by atoms with Crippen LogP contribution in [0.5, 0.6) is 0 Å².